The lowest BCUT2D eigenvalue weighted by Crippen LogP contribution is -2.23. The van der Waals surface area contributed by atoms with Crippen LogP contribution in [-0.2, 0) is 0 Å². The molecule has 150 valence electrons. The molecule has 30 heavy (non-hydrogen) atoms. The molecule has 0 fully saturated rings. The van der Waals surface area contributed by atoms with Crippen molar-refractivity contribution in [2.45, 2.75) is 12.1 Å². The van der Waals surface area contributed by atoms with Crippen LogP contribution in [0.1, 0.15) is 15.9 Å². The molecule has 0 saturated heterocycles. The lowest BCUT2D eigenvalue weighted by atomic mass is 10.1. The maximum absolute atomic E-state index is 13.2. The van der Waals surface area contributed by atoms with Crippen LogP contribution in [0.15, 0.2) is 76.8 Å². The first-order valence-electron chi connectivity index (χ1n) is 9.31. The first-order chi connectivity index (χ1) is 14.6. The number of ketones is 1. The van der Waals surface area contributed by atoms with Gasteiger partial charge in [0.1, 0.15) is 11.6 Å². The molecule has 2 heterocycles. The number of hydrogen-bond acceptors (Lipinski definition) is 6. The summed E-state index contributed by atoms with van der Waals surface area (Å²) in [5, 5.41) is 0.928. The second-order valence-electron chi connectivity index (χ2n) is 6.69. The zero-order valence-electron chi connectivity index (χ0n) is 16.5. The highest BCUT2D eigenvalue weighted by Gasteiger charge is 2.16. The third kappa shape index (κ3) is 3.97. The van der Waals surface area contributed by atoms with E-state index in [9.17, 15) is 9.59 Å². The van der Waals surface area contributed by atoms with Gasteiger partial charge in [-0.2, -0.15) is 0 Å². The number of carbonyl (C=O) groups excluding carboxylic acids is 1. The highest BCUT2D eigenvalue weighted by Crippen LogP contribution is 2.23. The van der Waals surface area contributed by atoms with Crippen molar-refractivity contribution in [3.05, 3.63) is 88.3 Å². The second-order valence-corrected chi connectivity index (χ2v) is 7.63. The quantitative estimate of drug-likeness (QED) is 0.267. The van der Waals surface area contributed by atoms with E-state index in [0.717, 1.165) is 5.56 Å². The van der Waals surface area contributed by atoms with Crippen LogP contribution in [0.3, 0.4) is 0 Å². The topological polar surface area (TPSA) is 74.1 Å². The molecule has 0 aliphatic rings. The summed E-state index contributed by atoms with van der Waals surface area (Å²) in [6.45, 7) is 1.93. The van der Waals surface area contributed by atoms with Gasteiger partial charge in [0.25, 0.3) is 5.56 Å². The summed E-state index contributed by atoms with van der Waals surface area (Å²) < 4.78 is 6.67. The van der Waals surface area contributed by atoms with Crippen LogP contribution in [0.4, 0.5) is 0 Å². The average molecular weight is 417 g/mol. The van der Waals surface area contributed by atoms with E-state index in [0.29, 0.717) is 33.2 Å². The molecule has 6 nitrogen and oxygen atoms in total. The Morgan fingerprint density at radius 2 is 1.93 bits per heavy atom. The Morgan fingerprint density at radius 1 is 1.10 bits per heavy atom. The molecule has 0 saturated carbocycles. The lowest BCUT2D eigenvalue weighted by Gasteiger charge is -2.12. The number of aromatic nitrogens is 3. The van der Waals surface area contributed by atoms with Crippen molar-refractivity contribution in [3.8, 4) is 11.6 Å². The number of fused-ring (bicyclic) bond motifs is 1. The number of pyridine rings is 1. The Hall–Kier alpha value is -3.45. The molecule has 0 N–H and O–H groups in total. The van der Waals surface area contributed by atoms with Gasteiger partial charge >= 0.3 is 0 Å². The van der Waals surface area contributed by atoms with Gasteiger partial charge in [0.2, 0.25) is 0 Å². The minimum Gasteiger partial charge on any atom is -0.497 e. The number of nitrogens with zero attached hydrogens (tertiary/aromatic N) is 3. The van der Waals surface area contributed by atoms with E-state index in [2.05, 4.69) is 9.97 Å². The minimum absolute atomic E-state index is 0.0786. The number of hydrogen-bond donors (Lipinski definition) is 0. The van der Waals surface area contributed by atoms with Crippen LogP contribution >= 0.6 is 11.8 Å². The maximum atomic E-state index is 13.2. The molecule has 0 aliphatic heterocycles. The van der Waals surface area contributed by atoms with Crippen LogP contribution in [0.5, 0.6) is 5.75 Å². The van der Waals surface area contributed by atoms with Crippen molar-refractivity contribution in [3.63, 3.8) is 0 Å². The molecular formula is C23H19N3O3S. The minimum atomic E-state index is -0.213. The van der Waals surface area contributed by atoms with Gasteiger partial charge in [0.15, 0.2) is 10.9 Å². The summed E-state index contributed by atoms with van der Waals surface area (Å²) in [6, 6.07) is 17.9. The van der Waals surface area contributed by atoms with Crippen LogP contribution in [0, 0.1) is 6.92 Å². The van der Waals surface area contributed by atoms with E-state index in [1.165, 1.54) is 16.3 Å². The fourth-order valence-electron chi connectivity index (χ4n) is 3.06. The zero-order chi connectivity index (χ0) is 21.1. The second kappa shape index (κ2) is 8.51. The maximum Gasteiger partial charge on any atom is 0.267 e. The summed E-state index contributed by atoms with van der Waals surface area (Å²) in [4.78, 5) is 35.0. The number of methoxy groups -OCH3 is 1. The SMILES string of the molecule is COc1cccc(C(=O)CSc2nc3ccccc3c(=O)n2-c2cc(C)ccn2)c1. The van der Waals surface area contributed by atoms with Gasteiger partial charge in [-0.05, 0) is 48.9 Å². The molecule has 0 atom stereocenters. The van der Waals surface area contributed by atoms with Crippen LogP contribution in [0.2, 0.25) is 0 Å². The smallest absolute Gasteiger partial charge is 0.267 e. The predicted molar refractivity (Wildman–Crippen MR) is 118 cm³/mol. The van der Waals surface area contributed by atoms with Crippen molar-refractivity contribution >= 4 is 28.4 Å². The van der Waals surface area contributed by atoms with Crippen LogP contribution in [-0.4, -0.2) is 33.2 Å². The monoisotopic (exact) mass is 417 g/mol. The molecule has 0 amide bonds. The fraction of sp³-hybridized carbons (Fsp3) is 0.130. The van der Waals surface area contributed by atoms with Gasteiger partial charge in [0.05, 0.1) is 23.8 Å². The number of benzene rings is 2. The van der Waals surface area contributed by atoms with E-state index in [1.807, 2.05) is 25.1 Å². The molecule has 2 aromatic heterocycles. The summed E-state index contributed by atoms with van der Waals surface area (Å²) in [6.07, 6.45) is 1.65. The molecule has 2 aromatic carbocycles. The molecule has 4 aromatic rings. The van der Waals surface area contributed by atoms with E-state index >= 15 is 0 Å². The summed E-state index contributed by atoms with van der Waals surface area (Å²) in [5.41, 5.74) is 1.89. The number of carbonyl (C=O) groups is 1. The zero-order valence-corrected chi connectivity index (χ0v) is 17.3. The van der Waals surface area contributed by atoms with Crippen molar-refractivity contribution < 1.29 is 9.53 Å². The molecule has 7 heteroatoms. The van der Waals surface area contributed by atoms with Crippen molar-refractivity contribution in [2.75, 3.05) is 12.9 Å². The van der Waals surface area contributed by atoms with Crippen molar-refractivity contribution in [1.29, 1.82) is 0 Å². The fourth-order valence-corrected chi connectivity index (χ4v) is 3.96. The highest BCUT2D eigenvalue weighted by molar-refractivity contribution is 7.99. The molecule has 0 bridgehead atoms. The number of aryl methyl sites for hydroxylation is 1. The third-order valence-electron chi connectivity index (χ3n) is 4.60. The van der Waals surface area contributed by atoms with Gasteiger partial charge in [0, 0.05) is 11.8 Å². The standard InChI is InChI=1S/C23H19N3O3S/c1-15-10-11-24-21(12-15)26-22(28)18-8-3-4-9-19(18)25-23(26)30-14-20(27)16-6-5-7-17(13-16)29-2/h3-13H,14H2,1-2H3. The number of Topliss-reactive ketones (excluding diaryl/α,β-unsaturated/α-hetero) is 1. The Labute approximate surface area is 177 Å². The molecule has 0 spiro atoms. The summed E-state index contributed by atoms with van der Waals surface area (Å²) >= 11 is 1.21. The predicted octanol–water partition coefficient (Wildman–Crippen LogP) is 4.07. The molecule has 0 radical (unpaired) electrons. The van der Waals surface area contributed by atoms with Crippen LogP contribution in [0.25, 0.3) is 16.7 Å². The van der Waals surface area contributed by atoms with Gasteiger partial charge in [-0.3, -0.25) is 9.59 Å². The van der Waals surface area contributed by atoms with Crippen LogP contribution < -0.4 is 10.3 Å². The first-order valence-corrected chi connectivity index (χ1v) is 10.3. The Kier molecular flexibility index (Phi) is 5.63. The number of para-hydroxylation sites is 1. The van der Waals surface area contributed by atoms with Gasteiger partial charge in [-0.25, -0.2) is 14.5 Å². The van der Waals surface area contributed by atoms with Gasteiger partial charge in [-0.1, -0.05) is 36.0 Å². The van der Waals surface area contributed by atoms with Gasteiger partial charge in [-0.15, -0.1) is 0 Å². The Balaban J connectivity index is 1.75. The molecule has 0 unspecified atom stereocenters. The average Bonchev–Trinajstić information content (AvgIpc) is 2.77. The Morgan fingerprint density at radius 3 is 2.73 bits per heavy atom. The van der Waals surface area contributed by atoms with E-state index in [-0.39, 0.29) is 17.1 Å². The molecular weight excluding hydrogens is 398 g/mol. The molecule has 4 rings (SSSR count). The molecule has 0 aliphatic carbocycles. The van der Waals surface area contributed by atoms with Crippen molar-refractivity contribution in [2.24, 2.45) is 0 Å². The van der Waals surface area contributed by atoms with Gasteiger partial charge < -0.3 is 4.74 Å². The number of thioether (sulfide) groups is 1. The summed E-state index contributed by atoms with van der Waals surface area (Å²) in [5.74, 6) is 1.15. The largest absolute Gasteiger partial charge is 0.497 e. The number of ether oxygens (including phenoxy) is 1. The lowest BCUT2D eigenvalue weighted by molar-refractivity contribution is 0.102. The first kappa shape index (κ1) is 19.8. The van der Waals surface area contributed by atoms with Crippen molar-refractivity contribution in [1.82, 2.24) is 14.5 Å². The van der Waals surface area contributed by atoms with E-state index < -0.39 is 0 Å². The summed E-state index contributed by atoms with van der Waals surface area (Å²) in [7, 11) is 1.56. The third-order valence-corrected chi connectivity index (χ3v) is 5.54. The van der Waals surface area contributed by atoms with E-state index in [1.54, 1.807) is 55.8 Å². The Bertz CT molecular complexity index is 1300. The number of rotatable bonds is 6. The van der Waals surface area contributed by atoms with E-state index in [4.69, 9.17) is 4.74 Å². The normalized spacial score (nSPS) is 10.9. The highest BCUT2D eigenvalue weighted by atomic mass is 32.2.